The van der Waals surface area contributed by atoms with E-state index < -0.39 is 10.0 Å². The zero-order chi connectivity index (χ0) is 24.5. The minimum Gasteiger partial charge on any atom is -0.371 e. The topological polar surface area (TPSA) is 90.8 Å². The fourth-order valence-corrected chi connectivity index (χ4v) is 5.29. The maximum Gasteiger partial charge on any atom is 0.344 e. The van der Waals surface area contributed by atoms with Gasteiger partial charge in [0.05, 0.1) is 6.26 Å². The monoisotopic (exact) mass is 488 g/mol. The van der Waals surface area contributed by atoms with Gasteiger partial charge in [0, 0.05) is 63.3 Å². The van der Waals surface area contributed by atoms with Crippen molar-refractivity contribution >= 4 is 27.6 Å². The van der Waals surface area contributed by atoms with Gasteiger partial charge in [-0.3, -0.25) is 9.62 Å². The summed E-state index contributed by atoms with van der Waals surface area (Å²) in [7, 11) is -3.44. The van der Waals surface area contributed by atoms with Gasteiger partial charge in [-0.2, -0.15) is 4.68 Å². The van der Waals surface area contributed by atoms with Crippen LogP contribution in [0.4, 0.5) is 16.3 Å². The van der Waals surface area contributed by atoms with Crippen LogP contribution in [0, 0.1) is 12.8 Å². The Hall–Kier alpha value is -2.59. The predicted molar refractivity (Wildman–Crippen MR) is 135 cm³/mol. The number of aromatic nitrogens is 2. The maximum atomic E-state index is 12.9. The van der Waals surface area contributed by atoms with E-state index in [9.17, 15) is 13.2 Å². The van der Waals surface area contributed by atoms with Crippen molar-refractivity contribution in [2.75, 3.05) is 48.6 Å². The summed E-state index contributed by atoms with van der Waals surface area (Å²) >= 11 is 0. The maximum absolute atomic E-state index is 12.9. The van der Waals surface area contributed by atoms with Gasteiger partial charge in [0.25, 0.3) is 0 Å². The normalized spacial score (nSPS) is 20.5. The molecule has 2 fully saturated rings. The summed E-state index contributed by atoms with van der Waals surface area (Å²) in [5, 5.41) is 4.07. The van der Waals surface area contributed by atoms with Crippen LogP contribution in [0.3, 0.4) is 0 Å². The van der Waals surface area contributed by atoms with E-state index in [1.165, 1.54) is 46.6 Å². The molecule has 34 heavy (non-hydrogen) atoms. The Morgan fingerprint density at radius 3 is 2.53 bits per heavy atom. The van der Waals surface area contributed by atoms with Crippen LogP contribution in [0.2, 0.25) is 0 Å². The predicted octanol–water partition coefficient (Wildman–Crippen LogP) is 2.97. The van der Waals surface area contributed by atoms with E-state index in [4.69, 9.17) is 0 Å². The summed E-state index contributed by atoms with van der Waals surface area (Å²) in [5.41, 5.74) is 3.98. The molecule has 1 aromatic heterocycles. The lowest BCUT2D eigenvalue weighted by atomic mass is 9.97. The molecule has 2 aromatic rings. The molecule has 0 bridgehead atoms. The Balaban J connectivity index is 1.37. The summed E-state index contributed by atoms with van der Waals surface area (Å²) in [6.07, 6.45) is 5.04. The second kappa shape index (κ2) is 9.95. The van der Waals surface area contributed by atoms with Crippen LogP contribution in [0.5, 0.6) is 0 Å². The van der Waals surface area contributed by atoms with Crippen LogP contribution in [-0.2, 0) is 16.6 Å². The average molecular weight is 489 g/mol. The van der Waals surface area contributed by atoms with Crippen molar-refractivity contribution in [3.63, 3.8) is 0 Å². The number of carbonyl (C=O) groups excluding carboxylic acids is 1. The number of hydrogen-bond acceptors (Lipinski definition) is 6. The van der Waals surface area contributed by atoms with Crippen LogP contribution in [-0.4, -0.2) is 79.1 Å². The summed E-state index contributed by atoms with van der Waals surface area (Å²) in [6, 6.07) is 8.22. The van der Waals surface area contributed by atoms with Crippen LogP contribution >= 0.6 is 0 Å². The van der Waals surface area contributed by atoms with E-state index in [1.807, 2.05) is 0 Å². The zero-order valence-electron chi connectivity index (χ0n) is 20.6. The lowest BCUT2D eigenvalue weighted by Gasteiger charge is -2.40. The zero-order valence-corrected chi connectivity index (χ0v) is 21.4. The molecule has 0 saturated carbocycles. The largest absolute Gasteiger partial charge is 0.371 e. The standard InChI is InChI=1S/C24H36N6O3S/c1-18-7-10-27(11-8-18)22-15-21(6-5-19(22)2)17-28-13-14-29(16-20(28)3)24(31)30-12-9-23(25-30)26-34(4,32)33/h5-6,9,12,15,18,20H,7-8,10-11,13-14,16-17H2,1-4H3,(H,25,26)/t20-/m0/s1. The van der Waals surface area contributed by atoms with Crippen molar-refractivity contribution in [2.45, 2.75) is 46.2 Å². The number of carbonyl (C=O) groups is 1. The number of nitrogens with zero attached hydrogens (tertiary/aromatic N) is 5. The minimum atomic E-state index is -3.44. The van der Waals surface area contributed by atoms with Gasteiger partial charge < -0.3 is 9.80 Å². The first-order valence-electron chi connectivity index (χ1n) is 12.0. The summed E-state index contributed by atoms with van der Waals surface area (Å²) in [5.74, 6) is 0.949. The molecule has 0 spiro atoms. The van der Waals surface area contributed by atoms with Crippen LogP contribution < -0.4 is 9.62 Å². The fourth-order valence-electron chi connectivity index (χ4n) is 4.80. The van der Waals surface area contributed by atoms with Crippen molar-refractivity contribution in [2.24, 2.45) is 5.92 Å². The molecule has 4 rings (SSSR count). The molecule has 2 saturated heterocycles. The number of anilines is 2. The van der Waals surface area contributed by atoms with E-state index >= 15 is 0 Å². The molecule has 10 heteroatoms. The lowest BCUT2D eigenvalue weighted by molar-refractivity contribution is 0.0921. The smallest absolute Gasteiger partial charge is 0.344 e. The van der Waals surface area contributed by atoms with Crippen LogP contribution in [0.1, 0.15) is 37.8 Å². The molecular weight excluding hydrogens is 452 g/mol. The number of aryl methyl sites for hydroxylation is 1. The Morgan fingerprint density at radius 2 is 1.85 bits per heavy atom. The summed E-state index contributed by atoms with van der Waals surface area (Å²) in [6.45, 7) is 11.7. The molecule has 186 valence electrons. The van der Waals surface area contributed by atoms with Crippen molar-refractivity contribution in [3.8, 4) is 0 Å². The van der Waals surface area contributed by atoms with Gasteiger partial charge in [-0.1, -0.05) is 19.1 Å². The molecular formula is C24H36N6O3S. The number of piperidine rings is 1. The molecule has 2 aliphatic rings. The number of hydrogen-bond donors (Lipinski definition) is 1. The number of nitrogens with one attached hydrogen (secondary N) is 1. The fraction of sp³-hybridized carbons (Fsp3) is 0.583. The molecule has 0 radical (unpaired) electrons. The second-order valence-corrected chi connectivity index (χ2v) is 11.6. The van der Waals surface area contributed by atoms with Crippen molar-refractivity contribution in [1.29, 1.82) is 0 Å². The number of benzene rings is 1. The Kier molecular flexibility index (Phi) is 7.18. The molecule has 1 atom stereocenters. The van der Waals surface area contributed by atoms with E-state index in [-0.39, 0.29) is 17.9 Å². The Bertz CT molecular complexity index is 1120. The van der Waals surface area contributed by atoms with Crippen LogP contribution in [0.15, 0.2) is 30.5 Å². The van der Waals surface area contributed by atoms with Crippen LogP contribution in [0.25, 0.3) is 0 Å². The highest BCUT2D eigenvalue weighted by molar-refractivity contribution is 7.92. The molecule has 1 amide bonds. The van der Waals surface area contributed by atoms with Gasteiger partial charge >= 0.3 is 6.03 Å². The van der Waals surface area contributed by atoms with Gasteiger partial charge in [0.2, 0.25) is 10.0 Å². The number of piperazine rings is 1. The molecule has 0 unspecified atom stereocenters. The van der Waals surface area contributed by atoms with Gasteiger partial charge in [-0.15, -0.1) is 5.10 Å². The first-order valence-corrected chi connectivity index (χ1v) is 13.9. The Labute approximate surface area is 202 Å². The molecule has 0 aliphatic carbocycles. The molecule has 9 nitrogen and oxygen atoms in total. The SMILES string of the molecule is Cc1ccc(CN2CCN(C(=O)n3ccc(NS(C)(=O)=O)n3)C[C@@H]2C)cc1N1CCC(C)CC1. The Morgan fingerprint density at radius 1 is 1.12 bits per heavy atom. The van der Waals surface area contributed by atoms with Crippen molar-refractivity contribution in [1.82, 2.24) is 19.6 Å². The van der Waals surface area contributed by atoms with Gasteiger partial charge in [-0.05, 0) is 49.8 Å². The van der Waals surface area contributed by atoms with Gasteiger partial charge in [-0.25, -0.2) is 13.2 Å². The van der Waals surface area contributed by atoms with E-state index in [2.05, 4.69) is 58.6 Å². The third-order valence-corrected chi connectivity index (χ3v) is 7.47. The third-order valence-electron chi connectivity index (χ3n) is 6.89. The molecule has 3 heterocycles. The van der Waals surface area contributed by atoms with Gasteiger partial charge in [0.15, 0.2) is 5.82 Å². The third kappa shape index (κ3) is 5.90. The van der Waals surface area contributed by atoms with Gasteiger partial charge in [0.1, 0.15) is 0 Å². The lowest BCUT2D eigenvalue weighted by Crippen LogP contribution is -2.54. The average Bonchev–Trinajstić information content (AvgIpc) is 3.23. The van der Waals surface area contributed by atoms with E-state index in [0.717, 1.165) is 38.4 Å². The van der Waals surface area contributed by atoms with E-state index in [1.54, 1.807) is 4.90 Å². The minimum absolute atomic E-state index is 0.140. The number of amides is 1. The second-order valence-electron chi connectivity index (χ2n) is 9.86. The number of sulfonamides is 1. The van der Waals surface area contributed by atoms with E-state index in [0.29, 0.717) is 13.1 Å². The highest BCUT2D eigenvalue weighted by Crippen LogP contribution is 2.28. The first kappa shape index (κ1) is 24.5. The molecule has 1 N–H and O–H groups in total. The highest BCUT2D eigenvalue weighted by atomic mass is 32.2. The summed E-state index contributed by atoms with van der Waals surface area (Å²) in [4.78, 5) is 19.6. The summed E-state index contributed by atoms with van der Waals surface area (Å²) < 4.78 is 26.3. The first-order chi connectivity index (χ1) is 16.1. The molecule has 2 aliphatic heterocycles. The number of rotatable bonds is 5. The highest BCUT2D eigenvalue weighted by Gasteiger charge is 2.28. The quantitative estimate of drug-likeness (QED) is 0.696. The molecule has 1 aromatic carbocycles. The van der Waals surface area contributed by atoms with Crippen molar-refractivity contribution < 1.29 is 13.2 Å². The van der Waals surface area contributed by atoms with Crippen molar-refractivity contribution in [3.05, 3.63) is 41.6 Å².